The molecule has 0 unspecified atom stereocenters. The van der Waals surface area contributed by atoms with Gasteiger partial charge in [-0.15, -0.1) is 0 Å². The van der Waals surface area contributed by atoms with E-state index in [1.54, 1.807) is 0 Å². The van der Waals surface area contributed by atoms with Gasteiger partial charge in [-0.2, -0.15) is 0 Å². The molecule has 1 N–H and O–H groups in total. The second-order valence-corrected chi connectivity index (χ2v) is 5.55. The molecule has 0 radical (unpaired) electrons. The fraction of sp³-hybridized carbons (Fsp3) is 0.333. The van der Waals surface area contributed by atoms with E-state index in [9.17, 15) is 0 Å². The molecule has 1 nitrogen and oxygen atoms in total. The molecule has 0 amide bonds. The van der Waals surface area contributed by atoms with Crippen molar-refractivity contribution in [3.8, 4) is 0 Å². The molecule has 1 heteroatoms. The highest BCUT2D eigenvalue weighted by atomic mass is 14.9. The molecular weight excluding hydrogens is 230 g/mol. The Bertz CT molecular complexity index is 508. The summed E-state index contributed by atoms with van der Waals surface area (Å²) in [6.07, 6.45) is 1.25. The lowest BCUT2D eigenvalue weighted by Crippen LogP contribution is -2.25. The topological polar surface area (TPSA) is 12.0 Å². The van der Waals surface area contributed by atoms with Crippen LogP contribution in [0.2, 0.25) is 0 Å². The fourth-order valence-electron chi connectivity index (χ4n) is 2.56. The van der Waals surface area contributed by atoms with Gasteiger partial charge < -0.3 is 5.32 Å². The minimum Gasteiger partial charge on any atom is -0.355 e. The van der Waals surface area contributed by atoms with Crippen molar-refractivity contribution in [1.82, 2.24) is 0 Å². The lowest BCUT2D eigenvalue weighted by atomic mass is 9.74. The Balaban J connectivity index is 0.000000408. The molecule has 2 aromatic rings. The Morgan fingerprint density at radius 3 is 1.58 bits per heavy atom. The second kappa shape index (κ2) is 5.48. The first-order chi connectivity index (χ1) is 9.11. The van der Waals surface area contributed by atoms with Gasteiger partial charge in [0.2, 0.25) is 0 Å². The Morgan fingerprint density at radius 1 is 0.789 bits per heavy atom. The fourth-order valence-corrected chi connectivity index (χ4v) is 2.56. The van der Waals surface area contributed by atoms with Gasteiger partial charge in [-0.05, 0) is 23.3 Å². The highest BCUT2D eigenvalue weighted by Gasteiger charge is 2.31. The van der Waals surface area contributed by atoms with Crippen LogP contribution in [0.1, 0.15) is 45.2 Å². The van der Waals surface area contributed by atoms with Crippen molar-refractivity contribution < 1.29 is 0 Å². The van der Waals surface area contributed by atoms with E-state index in [1.165, 1.54) is 28.9 Å². The summed E-state index contributed by atoms with van der Waals surface area (Å²) in [7, 11) is 0. The highest BCUT2D eigenvalue weighted by molar-refractivity contribution is 5.75. The molecule has 100 valence electrons. The zero-order valence-corrected chi connectivity index (χ0v) is 12.3. The maximum atomic E-state index is 3.50. The van der Waals surface area contributed by atoms with Crippen LogP contribution >= 0.6 is 0 Å². The molecule has 0 saturated heterocycles. The van der Waals surface area contributed by atoms with E-state index in [-0.39, 0.29) is 5.41 Å². The Kier molecular flexibility index (Phi) is 3.94. The van der Waals surface area contributed by atoms with Crippen LogP contribution in [0.3, 0.4) is 0 Å². The number of hydrogen-bond acceptors (Lipinski definition) is 1. The Labute approximate surface area is 116 Å². The zero-order chi connectivity index (χ0) is 13.9. The molecule has 1 aliphatic rings. The van der Waals surface area contributed by atoms with Gasteiger partial charge in [-0.1, -0.05) is 70.5 Å². The molecule has 3 rings (SSSR count). The Morgan fingerprint density at radius 2 is 1.16 bits per heavy atom. The summed E-state index contributed by atoms with van der Waals surface area (Å²) < 4.78 is 0. The summed E-state index contributed by atoms with van der Waals surface area (Å²) in [5.41, 5.74) is 5.28. The van der Waals surface area contributed by atoms with Crippen LogP contribution in [0.15, 0.2) is 48.5 Å². The van der Waals surface area contributed by atoms with Crippen molar-refractivity contribution in [2.75, 3.05) is 5.32 Å². The quantitative estimate of drug-likeness (QED) is 0.655. The van der Waals surface area contributed by atoms with Crippen molar-refractivity contribution in [2.24, 2.45) is 0 Å². The first kappa shape index (κ1) is 13.7. The monoisotopic (exact) mass is 253 g/mol. The molecule has 0 atom stereocenters. The van der Waals surface area contributed by atoms with Crippen LogP contribution in [0.5, 0.6) is 0 Å². The normalized spacial score (nSPS) is 14.3. The van der Waals surface area contributed by atoms with Gasteiger partial charge in [-0.25, -0.2) is 0 Å². The number of hydrogen-bond donors (Lipinski definition) is 1. The number of anilines is 2. The predicted octanol–water partition coefficient (Wildman–Crippen LogP) is 5.49. The minimum absolute atomic E-state index is 0.0818. The number of nitrogens with one attached hydrogen (secondary N) is 1. The number of rotatable bonds is 0. The van der Waals surface area contributed by atoms with Crippen molar-refractivity contribution in [3.63, 3.8) is 0 Å². The van der Waals surface area contributed by atoms with E-state index in [2.05, 4.69) is 81.5 Å². The third kappa shape index (κ3) is 2.51. The maximum Gasteiger partial charge on any atom is 0.0425 e. The summed E-state index contributed by atoms with van der Waals surface area (Å²) in [5, 5.41) is 3.50. The van der Waals surface area contributed by atoms with Crippen LogP contribution in [0.4, 0.5) is 11.4 Å². The summed E-state index contributed by atoms with van der Waals surface area (Å²) in [5.74, 6) is 0. The largest absolute Gasteiger partial charge is 0.355 e. The molecule has 19 heavy (non-hydrogen) atoms. The van der Waals surface area contributed by atoms with E-state index in [0.29, 0.717) is 0 Å². The molecule has 1 heterocycles. The number of benzene rings is 2. The van der Waals surface area contributed by atoms with E-state index < -0.39 is 0 Å². The SMILES string of the molecule is CC1(C)c2ccccc2Nc2ccccc21.CCC. The van der Waals surface area contributed by atoms with E-state index >= 15 is 0 Å². The van der Waals surface area contributed by atoms with E-state index in [4.69, 9.17) is 0 Å². The maximum absolute atomic E-state index is 3.50. The molecule has 0 aliphatic carbocycles. The standard InChI is InChI=1S/C15H15N.C3H8/c1-15(2)11-7-3-5-9-13(11)16-14-10-6-4-8-12(14)15;1-3-2/h3-10,16H,1-2H3;3H2,1-2H3. The summed E-state index contributed by atoms with van der Waals surface area (Å²) >= 11 is 0. The second-order valence-electron chi connectivity index (χ2n) is 5.55. The summed E-state index contributed by atoms with van der Waals surface area (Å²) in [4.78, 5) is 0. The number of para-hydroxylation sites is 2. The van der Waals surface area contributed by atoms with Crippen LogP contribution < -0.4 is 5.32 Å². The molecule has 0 saturated carbocycles. The van der Waals surface area contributed by atoms with Crippen molar-refractivity contribution in [2.45, 2.75) is 39.5 Å². The Hall–Kier alpha value is -1.76. The van der Waals surface area contributed by atoms with Crippen molar-refractivity contribution >= 4 is 11.4 Å². The van der Waals surface area contributed by atoms with Gasteiger partial charge in [-0.3, -0.25) is 0 Å². The van der Waals surface area contributed by atoms with Crippen LogP contribution in [0.25, 0.3) is 0 Å². The van der Waals surface area contributed by atoms with Gasteiger partial charge in [0.15, 0.2) is 0 Å². The smallest absolute Gasteiger partial charge is 0.0425 e. The highest BCUT2D eigenvalue weighted by Crippen LogP contribution is 2.44. The van der Waals surface area contributed by atoms with Crippen molar-refractivity contribution in [3.05, 3.63) is 59.7 Å². The molecule has 0 aromatic heterocycles. The summed E-state index contributed by atoms with van der Waals surface area (Å²) in [6, 6.07) is 17.1. The van der Waals surface area contributed by atoms with E-state index in [0.717, 1.165) is 0 Å². The van der Waals surface area contributed by atoms with Gasteiger partial charge >= 0.3 is 0 Å². The lowest BCUT2D eigenvalue weighted by Gasteiger charge is -2.35. The molecule has 0 fully saturated rings. The minimum atomic E-state index is 0.0818. The first-order valence-electron chi connectivity index (χ1n) is 7.07. The molecule has 2 aromatic carbocycles. The van der Waals surface area contributed by atoms with E-state index in [1.807, 2.05) is 0 Å². The molecule has 0 spiro atoms. The van der Waals surface area contributed by atoms with Gasteiger partial charge in [0.1, 0.15) is 0 Å². The zero-order valence-electron chi connectivity index (χ0n) is 12.3. The average molecular weight is 253 g/mol. The van der Waals surface area contributed by atoms with Gasteiger partial charge in [0.25, 0.3) is 0 Å². The van der Waals surface area contributed by atoms with Crippen LogP contribution in [0, 0.1) is 0 Å². The average Bonchev–Trinajstić information content (AvgIpc) is 2.40. The third-order valence-corrected chi connectivity index (χ3v) is 3.47. The van der Waals surface area contributed by atoms with Gasteiger partial charge in [0, 0.05) is 16.8 Å². The molecule has 0 bridgehead atoms. The predicted molar refractivity (Wildman–Crippen MR) is 84.3 cm³/mol. The molecular formula is C18H23N. The summed E-state index contributed by atoms with van der Waals surface area (Å²) in [6.45, 7) is 8.82. The van der Waals surface area contributed by atoms with Crippen molar-refractivity contribution in [1.29, 1.82) is 0 Å². The van der Waals surface area contributed by atoms with Gasteiger partial charge in [0.05, 0.1) is 0 Å². The first-order valence-corrected chi connectivity index (χ1v) is 7.07. The van der Waals surface area contributed by atoms with Crippen LogP contribution in [-0.4, -0.2) is 0 Å². The van der Waals surface area contributed by atoms with Crippen LogP contribution in [-0.2, 0) is 5.41 Å². The third-order valence-electron chi connectivity index (χ3n) is 3.47. The lowest BCUT2D eigenvalue weighted by molar-refractivity contribution is 0.638. The molecule has 1 aliphatic heterocycles. The number of fused-ring (bicyclic) bond motifs is 2.